The molecule has 0 saturated carbocycles. The van der Waals surface area contributed by atoms with E-state index in [-0.39, 0.29) is 6.61 Å². The Balaban J connectivity index is 3.33. The predicted octanol–water partition coefficient (Wildman–Crippen LogP) is 1.47. The first-order valence-corrected chi connectivity index (χ1v) is 4.18. The van der Waals surface area contributed by atoms with Crippen LogP contribution in [0, 0.1) is 29.6 Å². The van der Waals surface area contributed by atoms with E-state index in [0.717, 1.165) is 11.5 Å². The number of nitrogens with zero attached hydrogens (tertiary/aromatic N) is 1. The number of aliphatic hydroxyl groups is 1. The lowest BCUT2D eigenvalue weighted by Crippen LogP contribution is -2.04. The molecule has 0 fully saturated rings. The smallest absolute Gasteiger partial charge is 0.101 e. The molecule has 0 amide bonds. The molecule has 0 aliphatic heterocycles. The van der Waals surface area contributed by atoms with Gasteiger partial charge in [0.25, 0.3) is 0 Å². The van der Waals surface area contributed by atoms with Gasteiger partial charge in [-0.1, -0.05) is 25.0 Å². The maximum absolute atomic E-state index is 8.97. The summed E-state index contributed by atoms with van der Waals surface area (Å²) in [5, 5.41) is 17.9. The van der Waals surface area contributed by atoms with Gasteiger partial charge in [-0.2, -0.15) is 5.26 Å². The zero-order chi connectivity index (χ0) is 10.6. The van der Waals surface area contributed by atoms with E-state index in [1.807, 2.05) is 0 Å². The van der Waals surface area contributed by atoms with Crippen LogP contribution in [0.5, 0.6) is 0 Å². The van der Waals surface area contributed by atoms with Crippen molar-refractivity contribution in [2.24, 2.45) is 0 Å². The Morgan fingerprint density at radius 2 is 2.29 bits per heavy atom. The van der Waals surface area contributed by atoms with Crippen LogP contribution in [-0.2, 0) is 0 Å². The van der Waals surface area contributed by atoms with Crippen LogP contribution in [0.15, 0.2) is 18.2 Å². The fraction of sp³-hybridized carbons (Fsp3) is 0.167. The molecular formula is C12H10NO. The molecule has 0 aliphatic carbocycles. The number of rotatable bonds is 2. The Morgan fingerprint density at radius 1 is 1.57 bits per heavy atom. The van der Waals surface area contributed by atoms with Crippen LogP contribution in [0.1, 0.15) is 23.6 Å². The fourth-order valence-corrected chi connectivity index (χ4v) is 1.23. The number of nitriles is 1. The van der Waals surface area contributed by atoms with Gasteiger partial charge < -0.3 is 5.11 Å². The molecule has 0 spiro atoms. The van der Waals surface area contributed by atoms with Crippen LogP contribution >= 0.6 is 0 Å². The maximum Gasteiger partial charge on any atom is 0.101 e. The first kappa shape index (κ1) is 10.3. The lowest BCUT2D eigenvalue weighted by molar-refractivity contribution is 0.315. The number of terminal acetylenes is 1. The number of aliphatic hydroxyl groups excluding tert-OH is 1. The summed E-state index contributed by atoms with van der Waals surface area (Å²) < 4.78 is 0. The molecule has 2 heteroatoms. The molecule has 0 atom stereocenters. The minimum atomic E-state index is -0.0668. The van der Waals surface area contributed by atoms with E-state index in [9.17, 15) is 0 Å². The zero-order valence-corrected chi connectivity index (χ0v) is 7.91. The summed E-state index contributed by atoms with van der Waals surface area (Å²) in [7, 11) is 0. The van der Waals surface area contributed by atoms with Gasteiger partial charge >= 0.3 is 0 Å². The summed E-state index contributed by atoms with van der Waals surface area (Å²) in [6, 6.07) is 7.34. The van der Waals surface area contributed by atoms with Gasteiger partial charge in [-0.05, 0) is 11.6 Å². The predicted molar refractivity (Wildman–Crippen MR) is 54.2 cm³/mol. The Hall–Kier alpha value is -1.77. The van der Waals surface area contributed by atoms with Gasteiger partial charge in [-0.25, -0.2) is 0 Å². The van der Waals surface area contributed by atoms with E-state index in [2.05, 4.69) is 12.0 Å². The van der Waals surface area contributed by atoms with Crippen molar-refractivity contribution < 1.29 is 5.11 Å². The second kappa shape index (κ2) is 4.46. The molecule has 1 N–H and O–H groups in total. The average Bonchev–Trinajstić information content (AvgIpc) is 2.26. The molecule has 1 rings (SSSR count). The van der Waals surface area contributed by atoms with Crippen molar-refractivity contribution in [3.8, 4) is 18.4 Å². The minimum absolute atomic E-state index is 0.0668. The van der Waals surface area contributed by atoms with Crippen molar-refractivity contribution >= 4 is 0 Å². The van der Waals surface area contributed by atoms with Crippen LogP contribution in [-0.4, -0.2) is 11.7 Å². The lowest BCUT2D eigenvalue weighted by atomic mass is 9.93. The van der Waals surface area contributed by atoms with E-state index in [4.69, 9.17) is 16.8 Å². The van der Waals surface area contributed by atoms with Gasteiger partial charge in [0.05, 0.1) is 12.2 Å². The summed E-state index contributed by atoms with van der Waals surface area (Å²) in [6.45, 7) is 1.71. The van der Waals surface area contributed by atoms with Crippen LogP contribution in [0.25, 0.3) is 0 Å². The van der Waals surface area contributed by atoms with E-state index in [0.29, 0.717) is 11.1 Å². The summed E-state index contributed by atoms with van der Waals surface area (Å²) in [6.07, 6.45) is 5.26. The fourth-order valence-electron chi connectivity index (χ4n) is 1.23. The van der Waals surface area contributed by atoms with E-state index in [1.165, 1.54) is 0 Å². The van der Waals surface area contributed by atoms with Crippen molar-refractivity contribution in [3.63, 3.8) is 0 Å². The van der Waals surface area contributed by atoms with Crippen molar-refractivity contribution in [1.82, 2.24) is 0 Å². The van der Waals surface area contributed by atoms with E-state index in [1.54, 1.807) is 25.1 Å². The first-order chi connectivity index (χ1) is 6.74. The molecule has 0 saturated heterocycles. The molecule has 0 bridgehead atoms. The van der Waals surface area contributed by atoms with Gasteiger partial charge in [-0.3, -0.25) is 0 Å². The third-order valence-electron chi connectivity index (χ3n) is 2.03. The molecule has 1 radical (unpaired) electrons. The number of benzene rings is 1. The molecule has 2 nitrogen and oxygen atoms in total. The van der Waals surface area contributed by atoms with Gasteiger partial charge in [0, 0.05) is 11.5 Å². The molecule has 1 aromatic rings. The summed E-state index contributed by atoms with van der Waals surface area (Å²) in [4.78, 5) is 0. The van der Waals surface area contributed by atoms with Crippen LogP contribution in [0.3, 0.4) is 0 Å². The molecular weight excluding hydrogens is 174 g/mol. The number of hydrogen-bond donors (Lipinski definition) is 1. The normalized spacial score (nSPS) is 9.50. The zero-order valence-electron chi connectivity index (χ0n) is 7.91. The van der Waals surface area contributed by atoms with Crippen molar-refractivity contribution in [1.29, 1.82) is 5.26 Å². The van der Waals surface area contributed by atoms with Crippen LogP contribution in [0.2, 0.25) is 0 Å². The SMILES string of the molecule is C#Cc1cccc([C](C)CO)c1C#N. The number of hydrogen-bond acceptors (Lipinski definition) is 2. The first-order valence-electron chi connectivity index (χ1n) is 4.18. The molecule has 1 aromatic carbocycles. The molecule has 0 unspecified atom stereocenters. The van der Waals surface area contributed by atoms with Crippen LogP contribution in [0.4, 0.5) is 0 Å². The Bertz CT molecular complexity index is 409. The monoisotopic (exact) mass is 184 g/mol. The Morgan fingerprint density at radius 3 is 2.79 bits per heavy atom. The quantitative estimate of drug-likeness (QED) is 0.707. The van der Waals surface area contributed by atoms with Crippen molar-refractivity contribution in [2.45, 2.75) is 6.92 Å². The summed E-state index contributed by atoms with van der Waals surface area (Å²) in [5.74, 6) is 3.20. The molecule has 0 aliphatic rings. The topological polar surface area (TPSA) is 44.0 Å². The van der Waals surface area contributed by atoms with Crippen molar-refractivity contribution in [3.05, 3.63) is 40.8 Å². The standard InChI is InChI=1S/C12H10NO/c1-3-10-5-4-6-11(9(2)8-14)12(10)7-13/h1,4-6,14H,8H2,2H3. The van der Waals surface area contributed by atoms with Crippen molar-refractivity contribution in [2.75, 3.05) is 6.61 Å². The third-order valence-corrected chi connectivity index (χ3v) is 2.03. The third kappa shape index (κ3) is 1.76. The van der Waals surface area contributed by atoms with E-state index >= 15 is 0 Å². The highest BCUT2D eigenvalue weighted by atomic mass is 16.3. The maximum atomic E-state index is 8.97. The van der Waals surface area contributed by atoms with E-state index < -0.39 is 0 Å². The molecule has 0 heterocycles. The minimum Gasteiger partial charge on any atom is -0.395 e. The largest absolute Gasteiger partial charge is 0.395 e. The Labute approximate surface area is 83.8 Å². The summed E-state index contributed by atoms with van der Waals surface area (Å²) >= 11 is 0. The van der Waals surface area contributed by atoms with Gasteiger partial charge in [0.2, 0.25) is 0 Å². The van der Waals surface area contributed by atoms with Gasteiger partial charge in [-0.15, -0.1) is 6.42 Å². The Kier molecular flexibility index (Phi) is 3.29. The molecule has 14 heavy (non-hydrogen) atoms. The summed E-state index contributed by atoms with van der Waals surface area (Å²) in [5.41, 5.74) is 1.75. The highest BCUT2D eigenvalue weighted by Crippen LogP contribution is 2.20. The van der Waals surface area contributed by atoms with Gasteiger partial charge in [0.1, 0.15) is 6.07 Å². The lowest BCUT2D eigenvalue weighted by Gasteiger charge is -2.10. The second-order valence-corrected chi connectivity index (χ2v) is 2.92. The highest BCUT2D eigenvalue weighted by molar-refractivity contribution is 5.55. The average molecular weight is 184 g/mol. The highest BCUT2D eigenvalue weighted by Gasteiger charge is 2.12. The van der Waals surface area contributed by atoms with Gasteiger partial charge in [0.15, 0.2) is 0 Å². The molecule has 69 valence electrons. The second-order valence-electron chi connectivity index (χ2n) is 2.92. The van der Waals surface area contributed by atoms with Crippen LogP contribution < -0.4 is 0 Å². The molecule has 0 aromatic heterocycles.